The van der Waals surface area contributed by atoms with Gasteiger partial charge >= 0.3 is 0 Å². The van der Waals surface area contributed by atoms with Crippen molar-refractivity contribution in [2.24, 2.45) is 10.9 Å². The van der Waals surface area contributed by atoms with Crippen LogP contribution in [0, 0.1) is 5.92 Å². The topological polar surface area (TPSA) is 84.0 Å². The average Bonchev–Trinajstić information content (AvgIpc) is 3.57. The Balaban J connectivity index is 0.00000341. The summed E-state index contributed by atoms with van der Waals surface area (Å²) >= 11 is 0. The lowest BCUT2D eigenvalue weighted by atomic mass is 9.85. The number of methoxy groups -OCH3 is 1. The maximum atomic E-state index is 12.4. The van der Waals surface area contributed by atoms with E-state index < -0.39 is 0 Å². The Morgan fingerprint density at radius 3 is 2.45 bits per heavy atom. The highest BCUT2D eigenvalue weighted by atomic mass is 127. The van der Waals surface area contributed by atoms with Crippen LogP contribution in [0.25, 0.3) is 0 Å². The molecule has 2 saturated carbocycles. The number of amides is 1. The summed E-state index contributed by atoms with van der Waals surface area (Å²) in [6, 6.07) is 8.27. The van der Waals surface area contributed by atoms with Gasteiger partial charge in [-0.2, -0.15) is 0 Å². The average molecular weight is 544 g/mol. The van der Waals surface area contributed by atoms with Crippen LogP contribution in [0.15, 0.2) is 29.3 Å². The summed E-state index contributed by atoms with van der Waals surface area (Å²) in [5, 5.41) is 10.0. The first-order valence-electron chi connectivity index (χ1n) is 11.2. The van der Waals surface area contributed by atoms with E-state index in [0.29, 0.717) is 12.6 Å². The maximum Gasteiger partial charge on any atom is 0.223 e. The van der Waals surface area contributed by atoms with E-state index >= 15 is 0 Å². The summed E-state index contributed by atoms with van der Waals surface area (Å²) in [6.07, 6.45) is 6.18. The van der Waals surface area contributed by atoms with Gasteiger partial charge in [0.15, 0.2) is 5.96 Å². The standard InChI is InChI=1S/C23H36N4O3.HI/c1-4-24-23(25-15-16(2)30-21-12-10-20(29-3)11-13-21)27-19-7-5-6-17(14-19)22(28)26-18-8-9-18;/h10-13,16-19H,4-9,14-15H2,1-3H3,(H,26,28)(H2,24,25,27);1H. The Kier molecular flexibility index (Phi) is 10.7. The number of hydrogen-bond donors (Lipinski definition) is 3. The van der Waals surface area contributed by atoms with E-state index in [2.05, 4.69) is 22.9 Å². The molecule has 3 unspecified atom stereocenters. The first-order chi connectivity index (χ1) is 14.6. The van der Waals surface area contributed by atoms with Crippen LogP contribution in [0.3, 0.4) is 0 Å². The number of nitrogens with one attached hydrogen (secondary N) is 3. The second kappa shape index (κ2) is 13.0. The fraction of sp³-hybridized carbons (Fsp3) is 0.652. The van der Waals surface area contributed by atoms with E-state index in [1.807, 2.05) is 31.2 Å². The zero-order valence-corrected chi connectivity index (χ0v) is 21.2. The van der Waals surface area contributed by atoms with Gasteiger partial charge in [-0.15, -0.1) is 24.0 Å². The molecule has 8 heteroatoms. The number of halogens is 1. The van der Waals surface area contributed by atoms with Crippen molar-refractivity contribution in [3.63, 3.8) is 0 Å². The SMILES string of the molecule is CCNC(=NCC(C)Oc1ccc(OC)cc1)NC1CCCC(C(=O)NC2CC2)C1.I. The zero-order chi connectivity index (χ0) is 21.3. The van der Waals surface area contributed by atoms with Gasteiger partial charge < -0.3 is 25.4 Å². The van der Waals surface area contributed by atoms with Crippen LogP contribution in [0.4, 0.5) is 0 Å². The summed E-state index contributed by atoms with van der Waals surface area (Å²) in [4.78, 5) is 17.1. The maximum absolute atomic E-state index is 12.4. The van der Waals surface area contributed by atoms with E-state index in [9.17, 15) is 4.79 Å². The van der Waals surface area contributed by atoms with Gasteiger partial charge in [-0.1, -0.05) is 6.42 Å². The van der Waals surface area contributed by atoms with Gasteiger partial charge in [-0.25, -0.2) is 4.99 Å². The Labute approximate surface area is 203 Å². The first-order valence-corrected chi connectivity index (χ1v) is 11.2. The Morgan fingerprint density at radius 1 is 1.10 bits per heavy atom. The molecule has 0 saturated heterocycles. The molecule has 2 aliphatic rings. The van der Waals surface area contributed by atoms with E-state index in [1.165, 1.54) is 0 Å². The van der Waals surface area contributed by atoms with Gasteiger partial charge in [-0.05, 0) is 70.2 Å². The van der Waals surface area contributed by atoms with Crippen molar-refractivity contribution in [3.8, 4) is 11.5 Å². The molecule has 3 N–H and O–H groups in total. The minimum Gasteiger partial charge on any atom is -0.497 e. The van der Waals surface area contributed by atoms with E-state index in [4.69, 9.17) is 14.5 Å². The number of carbonyl (C=O) groups excluding carboxylic acids is 1. The highest BCUT2D eigenvalue weighted by Crippen LogP contribution is 2.26. The molecular formula is C23H37IN4O3. The summed E-state index contributed by atoms with van der Waals surface area (Å²) in [5.41, 5.74) is 0. The molecule has 3 rings (SSSR count). The lowest BCUT2D eigenvalue weighted by molar-refractivity contribution is -0.126. The molecule has 0 spiro atoms. The molecule has 3 atom stereocenters. The van der Waals surface area contributed by atoms with Gasteiger partial charge in [0.1, 0.15) is 17.6 Å². The third-order valence-corrected chi connectivity index (χ3v) is 5.56. The number of nitrogens with zero attached hydrogens (tertiary/aromatic N) is 1. The van der Waals surface area contributed by atoms with Crippen molar-refractivity contribution >= 4 is 35.8 Å². The molecule has 1 aromatic rings. The number of benzene rings is 1. The molecule has 1 aromatic carbocycles. The van der Waals surface area contributed by atoms with Crippen LogP contribution >= 0.6 is 24.0 Å². The molecule has 31 heavy (non-hydrogen) atoms. The number of aliphatic imine (C=N–C) groups is 1. The van der Waals surface area contributed by atoms with Gasteiger partial charge in [0.2, 0.25) is 5.91 Å². The number of ether oxygens (including phenoxy) is 2. The van der Waals surface area contributed by atoms with Gasteiger partial charge in [0.05, 0.1) is 13.7 Å². The Morgan fingerprint density at radius 2 is 1.81 bits per heavy atom. The molecule has 0 aromatic heterocycles. The van der Waals surface area contributed by atoms with Crippen molar-refractivity contribution in [2.75, 3.05) is 20.2 Å². The second-order valence-electron chi connectivity index (χ2n) is 8.31. The lowest BCUT2D eigenvalue weighted by Gasteiger charge is -2.30. The van der Waals surface area contributed by atoms with E-state index in [0.717, 1.165) is 62.5 Å². The highest BCUT2D eigenvalue weighted by molar-refractivity contribution is 14.0. The van der Waals surface area contributed by atoms with Crippen molar-refractivity contribution in [1.29, 1.82) is 0 Å². The minimum atomic E-state index is -0.0581. The van der Waals surface area contributed by atoms with Gasteiger partial charge in [0.25, 0.3) is 0 Å². The van der Waals surface area contributed by atoms with Crippen LogP contribution in [-0.4, -0.2) is 50.3 Å². The molecule has 7 nitrogen and oxygen atoms in total. The normalized spacial score (nSPS) is 22.0. The van der Waals surface area contributed by atoms with E-state index in [1.54, 1.807) is 7.11 Å². The number of rotatable bonds is 9. The highest BCUT2D eigenvalue weighted by Gasteiger charge is 2.31. The monoisotopic (exact) mass is 544 g/mol. The van der Waals surface area contributed by atoms with Crippen molar-refractivity contribution in [2.45, 2.75) is 70.6 Å². The summed E-state index contributed by atoms with van der Waals surface area (Å²) in [6.45, 7) is 5.40. The van der Waals surface area contributed by atoms with Crippen molar-refractivity contribution < 1.29 is 14.3 Å². The number of carbonyl (C=O) groups is 1. The molecule has 0 radical (unpaired) electrons. The Bertz CT molecular complexity index is 709. The molecule has 1 amide bonds. The van der Waals surface area contributed by atoms with Crippen LogP contribution in [0.1, 0.15) is 52.4 Å². The molecule has 0 aliphatic heterocycles. The summed E-state index contributed by atoms with van der Waals surface area (Å²) in [5.74, 6) is 2.73. The minimum absolute atomic E-state index is 0. The van der Waals surface area contributed by atoms with Crippen LogP contribution < -0.4 is 25.4 Å². The van der Waals surface area contributed by atoms with Gasteiger partial charge in [0, 0.05) is 24.5 Å². The fourth-order valence-electron chi connectivity index (χ4n) is 3.76. The number of hydrogen-bond acceptors (Lipinski definition) is 4. The first kappa shape index (κ1) is 25.5. The van der Waals surface area contributed by atoms with Gasteiger partial charge in [-0.3, -0.25) is 4.79 Å². The molecule has 0 bridgehead atoms. The van der Waals surface area contributed by atoms with E-state index in [-0.39, 0.29) is 47.9 Å². The molecule has 2 fully saturated rings. The predicted molar refractivity (Wildman–Crippen MR) is 135 cm³/mol. The van der Waals surface area contributed by atoms with Crippen LogP contribution in [0.5, 0.6) is 11.5 Å². The van der Waals surface area contributed by atoms with Crippen LogP contribution in [0.2, 0.25) is 0 Å². The molecule has 0 heterocycles. The molecule has 174 valence electrons. The molecular weight excluding hydrogens is 507 g/mol. The largest absolute Gasteiger partial charge is 0.497 e. The zero-order valence-electron chi connectivity index (χ0n) is 18.9. The predicted octanol–water partition coefficient (Wildman–Crippen LogP) is 3.47. The summed E-state index contributed by atoms with van der Waals surface area (Å²) < 4.78 is 11.1. The Hall–Kier alpha value is -1.71. The van der Waals surface area contributed by atoms with Crippen molar-refractivity contribution in [1.82, 2.24) is 16.0 Å². The quantitative estimate of drug-likeness (QED) is 0.252. The van der Waals surface area contributed by atoms with Crippen LogP contribution in [-0.2, 0) is 4.79 Å². The number of guanidine groups is 1. The molecule has 2 aliphatic carbocycles. The fourth-order valence-corrected chi connectivity index (χ4v) is 3.76. The third-order valence-electron chi connectivity index (χ3n) is 5.56. The third kappa shape index (κ3) is 8.74. The summed E-state index contributed by atoms with van der Waals surface area (Å²) in [7, 11) is 1.65. The second-order valence-corrected chi connectivity index (χ2v) is 8.31. The lowest BCUT2D eigenvalue weighted by Crippen LogP contribution is -2.47. The van der Waals surface area contributed by atoms with Crippen molar-refractivity contribution in [3.05, 3.63) is 24.3 Å². The smallest absolute Gasteiger partial charge is 0.223 e.